The molecule has 6 heteroatoms. The summed E-state index contributed by atoms with van der Waals surface area (Å²) in [7, 11) is 0. The Bertz CT molecular complexity index is 1120. The third-order valence-corrected chi connectivity index (χ3v) is 5.04. The highest BCUT2D eigenvalue weighted by molar-refractivity contribution is 6.30. The number of carbonyl (C=O) groups is 2. The van der Waals surface area contributed by atoms with E-state index in [0.717, 1.165) is 5.56 Å². The van der Waals surface area contributed by atoms with Crippen LogP contribution in [0.3, 0.4) is 0 Å². The number of urea groups is 1. The van der Waals surface area contributed by atoms with Gasteiger partial charge in [0, 0.05) is 21.9 Å². The zero-order valence-corrected chi connectivity index (χ0v) is 16.9. The van der Waals surface area contributed by atoms with Gasteiger partial charge < -0.3 is 15.4 Å². The predicted molar refractivity (Wildman–Crippen MR) is 116 cm³/mol. The van der Waals surface area contributed by atoms with Gasteiger partial charge in [-0.05, 0) is 48.9 Å². The van der Waals surface area contributed by atoms with E-state index in [9.17, 15) is 9.59 Å². The highest BCUT2D eigenvalue weighted by Crippen LogP contribution is 2.32. The van der Waals surface area contributed by atoms with Gasteiger partial charge in [-0.15, -0.1) is 0 Å². The minimum Gasteiger partial charge on any atom is -0.457 e. The summed E-state index contributed by atoms with van der Waals surface area (Å²) in [5, 5.41) is 6.19. The van der Waals surface area contributed by atoms with E-state index in [1.54, 1.807) is 43.3 Å². The van der Waals surface area contributed by atoms with E-state index < -0.39 is 6.04 Å². The van der Waals surface area contributed by atoms with Crippen LogP contribution in [0.1, 0.15) is 28.9 Å². The molecule has 2 amide bonds. The lowest BCUT2D eigenvalue weighted by molar-refractivity contribution is 0.102. The number of allylic oxidation sites excluding steroid dienone is 1. The number of amides is 2. The lowest BCUT2D eigenvalue weighted by Gasteiger charge is -2.29. The van der Waals surface area contributed by atoms with Crippen molar-refractivity contribution in [3.63, 3.8) is 0 Å². The topological polar surface area (TPSA) is 67.4 Å². The van der Waals surface area contributed by atoms with E-state index in [2.05, 4.69) is 10.6 Å². The number of nitrogens with one attached hydrogen (secondary N) is 2. The molecule has 0 saturated carbocycles. The Balaban J connectivity index is 1.68. The summed E-state index contributed by atoms with van der Waals surface area (Å²) in [6, 6.07) is 22.4. The van der Waals surface area contributed by atoms with Crippen molar-refractivity contribution in [3.8, 4) is 11.5 Å². The van der Waals surface area contributed by atoms with Crippen LogP contribution >= 0.6 is 11.6 Å². The maximum absolute atomic E-state index is 13.2. The average molecular weight is 419 g/mol. The Morgan fingerprint density at radius 3 is 2.40 bits per heavy atom. The van der Waals surface area contributed by atoms with Gasteiger partial charge in [0.1, 0.15) is 11.5 Å². The molecule has 0 bridgehead atoms. The number of carbonyl (C=O) groups excluding carboxylic acids is 2. The minimum absolute atomic E-state index is 0.144. The first-order chi connectivity index (χ1) is 14.5. The SMILES string of the molecule is CC1=C(C(=O)c2ccccc2)[C@H](c2cccc(Oc3ccc(Cl)cc3)c2)NC(=O)N1. The molecule has 0 aliphatic carbocycles. The molecule has 1 atom stereocenters. The Kier molecular flexibility index (Phi) is 5.55. The number of halogens is 1. The minimum atomic E-state index is -0.597. The number of hydrogen-bond acceptors (Lipinski definition) is 3. The largest absolute Gasteiger partial charge is 0.457 e. The average Bonchev–Trinajstić information content (AvgIpc) is 2.75. The second kappa shape index (κ2) is 8.43. The van der Waals surface area contributed by atoms with Crippen molar-refractivity contribution in [1.29, 1.82) is 0 Å². The van der Waals surface area contributed by atoms with Crippen LogP contribution in [0.4, 0.5) is 4.79 Å². The third-order valence-electron chi connectivity index (χ3n) is 4.79. The van der Waals surface area contributed by atoms with Crippen LogP contribution in [0.2, 0.25) is 5.02 Å². The molecule has 3 aromatic rings. The maximum atomic E-state index is 13.2. The van der Waals surface area contributed by atoms with Crippen molar-refractivity contribution >= 4 is 23.4 Å². The van der Waals surface area contributed by atoms with Crippen molar-refractivity contribution in [2.24, 2.45) is 0 Å². The first-order valence-corrected chi connectivity index (χ1v) is 9.80. The zero-order valence-electron chi connectivity index (χ0n) is 16.2. The molecule has 1 heterocycles. The fourth-order valence-electron chi connectivity index (χ4n) is 3.39. The molecular formula is C24H19ClN2O3. The molecule has 0 spiro atoms. The molecule has 0 unspecified atom stereocenters. The summed E-state index contributed by atoms with van der Waals surface area (Å²) in [5.41, 5.74) is 2.32. The Labute approximate surface area is 179 Å². The summed E-state index contributed by atoms with van der Waals surface area (Å²) < 4.78 is 5.91. The molecule has 0 radical (unpaired) electrons. The molecule has 0 fully saturated rings. The number of Topliss-reactive ketones (excluding diaryl/α,β-unsaturated/α-hetero) is 1. The van der Waals surface area contributed by atoms with Gasteiger partial charge in [-0.3, -0.25) is 4.79 Å². The van der Waals surface area contributed by atoms with Crippen LogP contribution in [0.15, 0.2) is 90.1 Å². The van der Waals surface area contributed by atoms with Crippen molar-refractivity contribution in [1.82, 2.24) is 10.6 Å². The van der Waals surface area contributed by atoms with Gasteiger partial charge >= 0.3 is 6.03 Å². The molecular weight excluding hydrogens is 400 g/mol. The van der Waals surface area contributed by atoms with Crippen molar-refractivity contribution in [2.45, 2.75) is 13.0 Å². The molecule has 4 rings (SSSR count). The van der Waals surface area contributed by atoms with Crippen LogP contribution in [0.25, 0.3) is 0 Å². The van der Waals surface area contributed by atoms with Gasteiger partial charge in [-0.1, -0.05) is 54.1 Å². The summed E-state index contributed by atoms with van der Waals surface area (Å²) in [4.78, 5) is 25.4. The zero-order chi connectivity index (χ0) is 21.1. The van der Waals surface area contributed by atoms with Crippen LogP contribution in [-0.2, 0) is 0 Å². The van der Waals surface area contributed by atoms with Gasteiger partial charge in [0.2, 0.25) is 0 Å². The van der Waals surface area contributed by atoms with Crippen molar-refractivity contribution in [2.75, 3.05) is 0 Å². The number of rotatable bonds is 5. The van der Waals surface area contributed by atoms with Crippen LogP contribution in [0.5, 0.6) is 11.5 Å². The first-order valence-electron chi connectivity index (χ1n) is 9.42. The van der Waals surface area contributed by atoms with Gasteiger partial charge in [-0.25, -0.2) is 4.79 Å². The summed E-state index contributed by atoms with van der Waals surface area (Å²) >= 11 is 5.93. The monoisotopic (exact) mass is 418 g/mol. The van der Waals surface area contributed by atoms with Crippen LogP contribution in [-0.4, -0.2) is 11.8 Å². The standard InChI is InChI=1S/C24H19ClN2O3/c1-15-21(23(28)16-6-3-2-4-7-16)22(27-24(29)26-15)17-8-5-9-20(14-17)30-19-12-10-18(25)11-13-19/h2-14,22H,1H3,(H2,26,27,29)/t22-/m0/s1. The number of hydrogen-bond donors (Lipinski definition) is 2. The van der Waals surface area contributed by atoms with Crippen molar-refractivity contribution in [3.05, 3.63) is 106 Å². The normalized spacial score (nSPS) is 15.9. The lowest BCUT2D eigenvalue weighted by Crippen LogP contribution is -2.45. The van der Waals surface area contributed by atoms with Gasteiger partial charge in [-0.2, -0.15) is 0 Å². The van der Waals surface area contributed by atoms with Gasteiger partial charge in [0.05, 0.1) is 6.04 Å². The van der Waals surface area contributed by atoms with E-state index in [0.29, 0.717) is 33.4 Å². The molecule has 150 valence electrons. The fraction of sp³-hybridized carbons (Fsp3) is 0.0833. The highest BCUT2D eigenvalue weighted by atomic mass is 35.5. The Hall–Kier alpha value is -3.57. The summed E-state index contributed by atoms with van der Waals surface area (Å²) in [6.45, 7) is 1.73. The predicted octanol–water partition coefficient (Wildman–Crippen LogP) is 5.64. The molecule has 3 aromatic carbocycles. The Morgan fingerprint density at radius 2 is 1.67 bits per heavy atom. The molecule has 2 N–H and O–H groups in total. The van der Waals surface area contributed by atoms with Gasteiger partial charge in [0.25, 0.3) is 0 Å². The van der Waals surface area contributed by atoms with Crippen LogP contribution < -0.4 is 15.4 Å². The fourth-order valence-corrected chi connectivity index (χ4v) is 3.51. The number of benzene rings is 3. The van der Waals surface area contributed by atoms with E-state index >= 15 is 0 Å². The number of ketones is 1. The smallest absolute Gasteiger partial charge is 0.319 e. The van der Waals surface area contributed by atoms with Crippen molar-refractivity contribution < 1.29 is 14.3 Å². The molecule has 1 aliphatic heterocycles. The Morgan fingerprint density at radius 1 is 0.933 bits per heavy atom. The summed E-state index contributed by atoms with van der Waals surface area (Å²) in [6.07, 6.45) is 0. The first kappa shape index (κ1) is 19.7. The van der Waals surface area contributed by atoms with E-state index in [1.165, 1.54) is 0 Å². The third kappa shape index (κ3) is 4.21. The van der Waals surface area contributed by atoms with E-state index in [1.807, 2.05) is 42.5 Å². The van der Waals surface area contributed by atoms with Gasteiger partial charge in [0.15, 0.2) is 5.78 Å². The van der Waals surface area contributed by atoms with E-state index in [-0.39, 0.29) is 11.8 Å². The molecule has 0 saturated heterocycles. The second-order valence-corrected chi connectivity index (χ2v) is 7.33. The second-order valence-electron chi connectivity index (χ2n) is 6.89. The molecule has 0 aromatic heterocycles. The lowest BCUT2D eigenvalue weighted by atomic mass is 9.89. The summed E-state index contributed by atoms with van der Waals surface area (Å²) in [5.74, 6) is 1.08. The highest BCUT2D eigenvalue weighted by Gasteiger charge is 2.31. The molecule has 1 aliphatic rings. The number of ether oxygens (including phenoxy) is 1. The van der Waals surface area contributed by atoms with Crippen LogP contribution in [0, 0.1) is 0 Å². The molecule has 5 nitrogen and oxygen atoms in total. The molecule has 30 heavy (non-hydrogen) atoms. The quantitative estimate of drug-likeness (QED) is 0.526. The maximum Gasteiger partial charge on any atom is 0.319 e. The van der Waals surface area contributed by atoms with E-state index in [4.69, 9.17) is 16.3 Å².